The fourth-order valence-electron chi connectivity index (χ4n) is 2.49. The molecule has 0 spiro atoms. The monoisotopic (exact) mass is 256 g/mol. The lowest BCUT2D eigenvalue weighted by Gasteiger charge is -2.36. The zero-order chi connectivity index (χ0) is 13.7. The summed E-state index contributed by atoms with van der Waals surface area (Å²) in [5, 5.41) is 8.66. The van der Waals surface area contributed by atoms with Crippen molar-refractivity contribution in [2.75, 3.05) is 27.2 Å². The maximum atomic E-state index is 11.8. The SMILES string of the molecule is CC(C(=O)N(C)C)N1CCC(CCC(=O)O)CC1. The summed E-state index contributed by atoms with van der Waals surface area (Å²) in [5.41, 5.74) is 0. The topological polar surface area (TPSA) is 60.9 Å². The van der Waals surface area contributed by atoms with Crippen LogP contribution in [0, 0.1) is 5.92 Å². The zero-order valence-electron chi connectivity index (χ0n) is 11.6. The van der Waals surface area contributed by atoms with Crippen LogP contribution in [-0.4, -0.2) is 60.0 Å². The minimum atomic E-state index is -0.714. The van der Waals surface area contributed by atoms with Crippen molar-refractivity contribution in [3.05, 3.63) is 0 Å². The van der Waals surface area contributed by atoms with Crippen molar-refractivity contribution in [1.82, 2.24) is 9.80 Å². The minimum Gasteiger partial charge on any atom is -0.481 e. The molecule has 0 aromatic carbocycles. The molecule has 1 unspecified atom stereocenters. The van der Waals surface area contributed by atoms with Gasteiger partial charge in [-0.1, -0.05) is 0 Å². The van der Waals surface area contributed by atoms with Crippen molar-refractivity contribution in [3.63, 3.8) is 0 Å². The first-order valence-electron chi connectivity index (χ1n) is 6.58. The molecule has 1 amide bonds. The van der Waals surface area contributed by atoms with Crippen LogP contribution >= 0.6 is 0 Å². The number of nitrogens with zero attached hydrogens (tertiary/aromatic N) is 2. The lowest BCUT2D eigenvalue weighted by atomic mass is 9.91. The third-order valence-corrected chi connectivity index (χ3v) is 3.76. The van der Waals surface area contributed by atoms with Gasteiger partial charge in [0.2, 0.25) is 5.91 Å². The average Bonchev–Trinajstić information content (AvgIpc) is 2.35. The van der Waals surface area contributed by atoms with Crippen molar-refractivity contribution in [3.8, 4) is 0 Å². The van der Waals surface area contributed by atoms with Crippen LogP contribution in [0.2, 0.25) is 0 Å². The van der Waals surface area contributed by atoms with Gasteiger partial charge in [-0.25, -0.2) is 0 Å². The van der Waals surface area contributed by atoms with Crippen molar-refractivity contribution >= 4 is 11.9 Å². The number of amides is 1. The molecule has 0 saturated carbocycles. The molecule has 18 heavy (non-hydrogen) atoms. The molecule has 0 aromatic heterocycles. The maximum Gasteiger partial charge on any atom is 0.303 e. The first-order valence-corrected chi connectivity index (χ1v) is 6.58. The van der Waals surface area contributed by atoms with Gasteiger partial charge in [0.05, 0.1) is 6.04 Å². The van der Waals surface area contributed by atoms with Crippen LogP contribution in [0.25, 0.3) is 0 Å². The molecule has 0 bridgehead atoms. The van der Waals surface area contributed by atoms with E-state index in [1.807, 2.05) is 6.92 Å². The van der Waals surface area contributed by atoms with Gasteiger partial charge < -0.3 is 10.0 Å². The Morgan fingerprint density at radius 3 is 2.33 bits per heavy atom. The molecule has 1 atom stereocenters. The van der Waals surface area contributed by atoms with E-state index in [1.54, 1.807) is 19.0 Å². The van der Waals surface area contributed by atoms with Crippen LogP contribution in [0.3, 0.4) is 0 Å². The van der Waals surface area contributed by atoms with Crippen molar-refractivity contribution in [1.29, 1.82) is 0 Å². The lowest BCUT2D eigenvalue weighted by Crippen LogP contribution is -2.47. The summed E-state index contributed by atoms with van der Waals surface area (Å²) in [6.07, 6.45) is 3.02. The number of hydrogen-bond acceptors (Lipinski definition) is 3. The first-order chi connectivity index (χ1) is 8.41. The number of likely N-dealkylation sites (tertiary alicyclic amines) is 1. The Morgan fingerprint density at radius 2 is 1.89 bits per heavy atom. The summed E-state index contributed by atoms with van der Waals surface area (Å²) < 4.78 is 0. The molecule has 1 heterocycles. The number of piperidine rings is 1. The van der Waals surface area contributed by atoms with Crippen LogP contribution < -0.4 is 0 Å². The Hall–Kier alpha value is -1.10. The number of carbonyl (C=O) groups excluding carboxylic acids is 1. The molecule has 1 rings (SSSR count). The lowest BCUT2D eigenvalue weighted by molar-refractivity contribution is -0.137. The highest BCUT2D eigenvalue weighted by atomic mass is 16.4. The van der Waals surface area contributed by atoms with E-state index in [-0.39, 0.29) is 18.4 Å². The van der Waals surface area contributed by atoms with Crippen LogP contribution in [0.15, 0.2) is 0 Å². The van der Waals surface area contributed by atoms with Crippen LogP contribution in [0.5, 0.6) is 0 Å². The quantitative estimate of drug-likeness (QED) is 0.798. The summed E-state index contributed by atoms with van der Waals surface area (Å²) in [4.78, 5) is 26.2. The molecule has 0 aromatic rings. The fraction of sp³-hybridized carbons (Fsp3) is 0.846. The Morgan fingerprint density at radius 1 is 1.33 bits per heavy atom. The maximum absolute atomic E-state index is 11.8. The second-order valence-electron chi connectivity index (χ2n) is 5.32. The van der Waals surface area contributed by atoms with E-state index in [0.29, 0.717) is 5.92 Å². The smallest absolute Gasteiger partial charge is 0.303 e. The van der Waals surface area contributed by atoms with Crippen molar-refractivity contribution < 1.29 is 14.7 Å². The van der Waals surface area contributed by atoms with Gasteiger partial charge in [0.15, 0.2) is 0 Å². The van der Waals surface area contributed by atoms with Crippen LogP contribution in [0.4, 0.5) is 0 Å². The average molecular weight is 256 g/mol. The van der Waals surface area contributed by atoms with E-state index >= 15 is 0 Å². The number of hydrogen-bond donors (Lipinski definition) is 1. The summed E-state index contributed by atoms with van der Waals surface area (Å²) in [5.74, 6) is -0.0772. The fourth-order valence-corrected chi connectivity index (χ4v) is 2.49. The van der Waals surface area contributed by atoms with Gasteiger partial charge in [-0.05, 0) is 45.2 Å². The highest BCUT2D eigenvalue weighted by Crippen LogP contribution is 2.23. The summed E-state index contributed by atoms with van der Waals surface area (Å²) in [6.45, 7) is 3.73. The van der Waals surface area contributed by atoms with Gasteiger partial charge in [-0.3, -0.25) is 14.5 Å². The van der Waals surface area contributed by atoms with E-state index in [2.05, 4.69) is 4.90 Å². The Bertz CT molecular complexity index is 297. The molecule has 1 aliphatic rings. The number of carboxylic acids is 1. The molecule has 1 fully saturated rings. The molecule has 5 heteroatoms. The highest BCUT2D eigenvalue weighted by molar-refractivity contribution is 5.80. The van der Waals surface area contributed by atoms with Gasteiger partial charge in [0, 0.05) is 20.5 Å². The number of rotatable bonds is 5. The van der Waals surface area contributed by atoms with E-state index < -0.39 is 5.97 Å². The molecule has 104 valence electrons. The standard InChI is InChI=1S/C13H24N2O3/c1-10(13(18)14(2)3)15-8-6-11(7-9-15)4-5-12(16)17/h10-11H,4-9H2,1-3H3,(H,16,17). The van der Waals surface area contributed by atoms with Gasteiger partial charge in [0.1, 0.15) is 0 Å². The summed E-state index contributed by atoms with van der Waals surface area (Å²) >= 11 is 0. The van der Waals surface area contributed by atoms with Gasteiger partial charge in [0.25, 0.3) is 0 Å². The third kappa shape index (κ3) is 4.29. The van der Waals surface area contributed by atoms with E-state index in [4.69, 9.17) is 5.11 Å². The van der Waals surface area contributed by atoms with E-state index in [0.717, 1.165) is 32.4 Å². The van der Waals surface area contributed by atoms with Crippen molar-refractivity contribution in [2.45, 2.75) is 38.6 Å². The minimum absolute atomic E-state index is 0.0691. The van der Waals surface area contributed by atoms with Gasteiger partial charge in [-0.2, -0.15) is 0 Å². The number of carboxylic acid groups (broad SMARTS) is 1. The molecular weight excluding hydrogens is 232 g/mol. The molecule has 0 radical (unpaired) electrons. The predicted molar refractivity (Wildman–Crippen MR) is 69.3 cm³/mol. The van der Waals surface area contributed by atoms with Crippen LogP contribution in [-0.2, 0) is 9.59 Å². The highest BCUT2D eigenvalue weighted by Gasteiger charge is 2.27. The molecular formula is C13H24N2O3. The predicted octanol–water partition coefficient (Wildman–Crippen LogP) is 1.04. The Labute approximate surface area is 109 Å². The summed E-state index contributed by atoms with van der Waals surface area (Å²) in [7, 11) is 3.55. The molecule has 1 aliphatic heterocycles. The van der Waals surface area contributed by atoms with E-state index in [1.165, 1.54) is 0 Å². The normalized spacial score (nSPS) is 19.5. The largest absolute Gasteiger partial charge is 0.481 e. The van der Waals surface area contributed by atoms with Crippen LogP contribution in [0.1, 0.15) is 32.6 Å². The molecule has 1 N–H and O–H groups in total. The molecule has 1 saturated heterocycles. The number of carbonyl (C=O) groups is 2. The number of likely N-dealkylation sites (N-methyl/N-ethyl adjacent to an activating group) is 1. The first kappa shape index (κ1) is 15.0. The Balaban J connectivity index is 2.34. The van der Waals surface area contributed by atoms with E-state index in [9.17, 15) is 9.59 Å². The van der Waals surface area contributed by atoms with Crippen molar-refractivity contribution in [2.24, 2.45) is 5.92 Å². The second kappa shape index (κ2) is 6.73. The molecule has 0 aliphatic carbocycles. The zero-order valence-corrected chi connectivity index (χ0v) is 11.6. The number of aliphatic carboxylic acids is 1. The Kier molecular flexibility index (Phi) is 5.59. The molecule has 5 nitrogen and oxygen atoms in total. The second-order valence-corrected chi connectivity index (χ2v) is 5.32. The van der Waals surface area contributed by atoms with Gasteiger partial charge in [-0.15, -0.1) is 0 Å². The third-order valence-electron chi connectivity index (χ3n) is 3.76. The summed E-state index contributed by atoms with van der Waals surface area (Å²) in [6, 6.07) is -0.0691. The van der Waals surface area contributed by atoms with Gasteiger partial charge >= 0.3 is 5.97 Å².